The van der Waals surface area contributed by atoms with Crippen LogP contribution in [0.25, 0.3) is 11.0 Å². The number of nitrogens with two attached hydrogens (primary N) is 1. The molecule has 1 aromatic carbocycles. The number of anilines is 2. The highest BCUT2D eigenvalue weighted by atomic mass is 32.2. The number of primary sulfonamides is 1. The van der Waals surface area contributed by atoms with Crippen LogP contribution in [0.15, 0.2) is 41.3 Å². The van der Waals surface area contributed by atoms with Crippen LogP contribution in [0.5, 0.6) is 0 Å². The van der Waals surface area contributed by atoms with Crippen molar-refractivity contribution in [3.8, 4) is 0 Å². The number of hydrogen-bond donors (Lipinski definition) is 3. The molecule has 0 unspecified atom stereocenters. The van der Waals surface area contributed by atoms with E-state index in [0.717, 1.165) is 18.5 Å². The number of alkyl halides is 3. The predicted octanol–water partition coefficient (Wildman–Crippen LogP) is 3.70. The van der Waals surface area contributed by atoms with Crippen LogP contribution in [-0.4, -0.2) is 36.1 Å². The maximum absolute atomic E-state index is 12.8. The topological polar surface area (TPSA) is 123 Å². The van der Waals surface area contributed by atoms with Crippen molar-refractivity contribution >= 4 is 32.8 Å². The fourth-order valence-corrected chi connectivity index (χ4v) is 3.75. The van der Waals surface area contributed by atoms with E-state index >= 15 is 0 Å². The number of benzene rings is 1. The van der Waals surface area contributed by atoms with Gasteiger partial charge in [0.25, 0.3) is 0 Å². The number of nitrogens with one attached hydrogen (secondary N) is 2. The van der Waals surface area contributed by atoms with Gasteiger partial charge in [0.15, 0.2) is 5.82 Å². The summed E-state index contributed by atoms with van der Waals surface area (Å²) in [5.74, 6) is 0.438. The number of pyridine rings is 1. The second-order valence-corrected chi connectivity index (χ2v) is 9.28. The van der Waals surface area contributed by atoms with Gasteiger partial charge in [-0.2, -0.15) is 18.2 Å². The molecule has 1 fully saturated rings. The Morgan fingerprint density at radius 1 is 1.09 bits per heavy atom. The average molecular weight is 466 g/mol. The molecular weight excluding hydrogens is 445 g/mol. The molecule has 1 saturated carbocycles. The molecule has 12 heteroatoms. The maximum atomic E-state index is 12.8. The van der Waals surface area contributed by atoms with E-state index in [2.05, 4.69) is 25.6 Å². The lowest BCUT2D eigenvalue weighted by Gasteiger charge is -2.17. The molecule has 3 aromatic rings. The summed E-state index contributed by atoms with van der Waals surface area (Å²) in [5.41, 5.74) is 2.23. The first kappa shape index (κ1) is 22.2. The number of hydrogen-bond acceptors (Lipinski definition) is 7. The molecule has 0 bridgehead atoms. The second kappa shape index (κ2) is 8.17. The van der Waals surface area contributed by atoms with Gasteiger partial charge in [0.2, 0.25) is 16.0 Å². The number of nitrogens with zero attached hydrogens (tertiary/aromatic N) is 3. The normalized spacial score (nSPS) is 15.5. The molecule has 4 rings (SSSR count). The van der Waals surface area contributed by atoms with Gasteiger partial charge in [-0.15, -0.1) is 0 Å². The molecule has 0 spiro atoms. The minimum atomic E-state index is -4.42. The summed E-state index contributed by atoms with van der Waals surface area (Å²) in [6.45, 7) is 0.537. The van der Waals surface area contributed by atoms with Crippen LogP contribution in [0, 0.1) is 0 Å². The standard InChI is InChI=1S/C20H21F3N6O2S/c1-11(12-4-6-14(7-5-12)32(24,30)31)26-19-28-16-9-8-15(13-2-3-13)27-17(16)18(29-19)25-10-20(21,22)23/h4-9,11,13H,2-3,10H2,1H3,(H2,24,30,31)(H2,25,26,28,29)/t11-/m1/s1. The predicted molar refractivity (Wildman–Crippen MR) is 114 cm³/mol. The van der Waals surface area contributed by atoms with Crippen molar-refractivity contribution in [1.82, 2.24) is 15.0 Å². The van der Waals surface area contributed by atoms with Gasteiger partial charge in [-0.25, -0.2) is 23.5 Å². The van der Waals surface area contributed by atoms with Crippen LogP contribution in [0.2, 0.25) is 0 Å². The fourth-order valence-electron chi connectivity index (χ4n) is 3.23. The average Bonchev–Trinajstić information content (AvgIpc) is 3.56. The molecule has 0 saturated heterocycles. The van der Waals surface area contributed by atoms with Gasteiger partial charge in [-0.3, -0.25) is 0 Å². The van der Waals surface area contributed by atoms with Crippen LogP contribution in [0.4, 0.5) is 24.9 Å². The van der Waals surface area contributed by atoms with Gasteiger partial charge in [0, 0.05) is 11.6 Å². The molecule has 8 nitrogen and oxygen atoms in total. The Labute approximate surface area is 182 Å². The first-order chi connectivity index (χ1) is 15.0. The molecule has 2 heterocycles. The van der Waals surface area contributed by atoms with E-state index in [4.69, 9.17) is 5.14 Å². The number of fused-ring (bicyclic) bond motifs is 1. The lowest BCUT2D eigenvalue weighted by atomic mass is 10.1. The Kier molecular flexibility index (Phi) is 5.67. The van der Waals surface area contributed by atoms with Gasteiger partial charge < -0.3 is 10.6 Å². The molecule has 0 amide bonds. The van der Waals surface area contributed by atoms with Crippen molar-refractivity contribution in [2.45, 2.75) is 42.8 Å². The molecule has 2 aromatic heterocycles. The molecule has 4 N–H and O–H groups in total. The molecule has 1 atom stereocenters. The summed E-state index contributed by atoms with van der Waals surface area (Å²) in [5, 5.41) is 10.5. The summed E-state index contributed by atoms with van der Waals surface area (Å²) in [6.07, 6.45) is -2.41. The van der Waals surface area contributed by atoms with Crippen LogP contribution < -0.4 is 15.8 Å². The summed E-state index contributed by atoms with van der Waals surface area (Å²) in [7, 11) is -3.81. The van der Waals surface area contributed by atoms with Crippen molar-refractivity contribution in [1.29, 1.82) is 0 Å². The summed E-state index contributed by atoms with van der Waals surface area (Å²) < 4.78 is 61.3. The van der Waals surface area contributed by atoms with Crippen molar-refractivity contribution < 1.29 is 21.6 Å². The molecule has 0 radical (unpaired) electrons. The highest BCUT2D eigenvalue weighted by molar-refractivity contribution is 7.89. The zero-order valence-corrected chi connectivity index (χ0v) is 17.8. The van der Waals surface area contributed by atoms with Crippen molar-refractivity contribution in [3.63, 3.8) is 0 Å². The quantitative estimate of drug-likeness (QED) is 0.485. The molecular formula is C20H21F3N6O2S. The third-order valence-corrected chi connectivity index (χ3v) is 6.00. The first-order valence-electron chi connectivity index (χ1n) is 9.88. The van der Waals surface area contributed by atoms with E-state index < -0.39 is 22.7 Å². The minimum Gasteiger partial charge on any atom is -0.359 e. The Hall–Kier alpha value is -2.99. The van der Waals surface area contributed by atoms with Crippen LogP contribution >= 0.6 is 0 Å². The van der Waals surface area contributed by atoms with Gasteiger partial charge in [0.1, 0.15) is 12.1 Å². The number of sulfonamides is 1. The molecule has 32 heavy (non-hydrogen) atoms. The van der Waals surface area contributed by atoms with Gasteiger partial charge in [-0.1, -0.05) is 12.1 Å². The van der Waals surface area contributed by atoms with Crippen molar-refractivity contribution in [2.75, 3.05) is 17.2 Å². The number of halogens is 3. The highest BCUT2D eigenvalue weighted by Crippen LogP contribution is 2.40. The molecule has 170 valence electrons. The molecule has 1 aliphatic rings. The zero-order chi connectivity index (χ0) is 23.1. The Morgan fingerprint density at radius 2 is 1.78 bits per heavy atom. The first-order valence-corrected chi connectivity index (χ1v) is 11.4. The fraction of sp³-hybridized carbons (Fsp3) is 0.350. The van der Waals surface area contributed by atoms with Crippen LogP contribution in [0.1, 0.15) is 43.0 Å². The van der Waals surface area contributed by atoms with E-state index in [1.54, 1.807) is 25.1 Å². The lowest BCUT2D eigenvalue weighted by Crippen LogP contribution is -2.22. The van der Waals surface area contributed by atoms with E-state index in [1.165, 1.54) is 12.1 Å². The molecule has 1 aliphatic carbocycles. The van der Waals surface area contributed by atoms with Crippen molar-refractivity contribution in [3.05, 3.63) is 47.7 Å². The number of rotatable bonds is 7. The van der Waals surface area contributed by atoms with E-state index in [-0.39, 0.29) is 28.2 Å². The summed E-state index contributed by atoms with van der Waals surface area (Å²) >= 11 is 0. The third kappa shape index (κ3) is 5.25. The van der Waals surface area contributed by atoms with E-state index in [9.17, 15) is 21.6 Å². The monoisotopic (exact) mass is 466 g/mol. The van der Waals surface area contributed by atoms with Gasteiger partial charge >= 0.3 is 6.18 Å². The lowest BCUT2D eigenvalue weighted by molar-refractivity contribution is -0.115. The zero-order valence-electron chi connectivity index (χ0n) is 17.0. The minimum absolute atomic E-state index is 0.00546. The number of aromatic nitrogens is 3. The second-order valence-electron chi connectivity index (χ2n) is 7.72. The van der Waals surface area contributed by atoms with Crippen LogP contribution in [0.3, 0.4) is 0 Å². The van der Waals surface area contributed by atoms with Gasteiger partial charge in [0.05, 0.1) is 16.5 Å². The summed E-state index contributed by atoms with van der Waals surface area (Å²) in [4.78, 5) is 13.1. The molecule has 0 aliphatic heterocycles. The Balaban J connectivity index is 1.63. The van der Waals surface area contributed by atoms with E-state index in [1.807, 2.05) is 6.07 Å². The Morgan fingerprint density at radius 3 is 2.38 bits per heavy atom. The van der Waals surface area contributed by atoms with Crippen molar-refractivity contribution in [2.24, 2.45) is 5.14 Å². The Bertz CT molecular complexity index is 1240. The maximum Gasteiger partial charge on any atom is 0.405 e. The highest BCUT2D eigenvalue weighted by Gasteiger charge is 2.29. The SMILES string of the molecule is C[C@@H](Nc1nc(NCC(F)(F)F)c2nc(C3CC3)ccc2n1)c1ccc(S(N)(=O)=O)cc1. The van der Waals surface area contributed by atoms with Gasteiger partial charge in [-0.05, 0) is 49.6 Å². The van der Waals surface area contributed by atoms with Crippen LogP contribution in [-0.2, 0) is 10.0 Å². The van der Waals surface area contributed by atoms with E-state index in [0.29, 0.717) is 17.0 Å². The summed E-state index contributed by atoms with van der Waals surface area (Å²) in [6, 6.07) is 9.13. The third-order valence-electron chi connectivity index (χ3n) is 5.07. The largest absolute Gasteiger partial charge is 0.405 e. The smallest absolute Gasteiger partial charge is 0.359 e.